The predicted octanol–water partition coefficient (Wildman–Crippen LogP) is 2.25. The number of benzene rings is 2. The van der Waals surface area contributed by atoms with Gasteiger partial charge in [0.2, 0.25) is 11.8 Å². The highest BCUT2D eigenvalue weighted by Gasteiger charge is 2.05. The molecule has 0 aliphatic rings. The maximum atomic E-state index is 11.7. The first-order valence-electron chi connectivity index (χ1n) is 6.97. The molecule has 0 saturated carbocycles. The number of hydrogen-bond donors (Lipinski definition) is 5. The molecule has 24 heavy (non-hydrogen) atoms. The number of carbonyl (C=O) groups is 2. The van der Waals surface area contributed by atoms with Crippen molar-refractivity contribution >= 4 is 23.2 Å². The fourth-order valence-electron chi connectivity index (χ4n) is 1.81. The Morgan fingerprint density at radius 3 is 1.79 bits per heavy atom. The Morgan fingerprint density at radius 2 is 1.29 bits per heavy atom. The second-order valence-electron chi connectivity index (χ2n) is 5.02. The summed E-state index contributed by atoms with van der Waals surface area (Å²) in [6.45, 7) is 1.73. The van der Waals surface area contributed by atoms with Crippen LogP contribution in [0.2, 0.25) is 0 Å². The molecule has 0 heterocycles. The van der Waals surface area contributed by atoms with Gasteiger partial charge in [-0.25, -0.2) is 0 Å². The summed E-state index contributed by atoms with van der Waals surface area (Å²) in [5.74, 6) is -1.73. The van der Waals surface area contributed by atoms with Gasteiger partial charge in [0.1, 0.15) is 5.75 Å². The zero-order valence-electron chi connectivity index (χ0n) is 12.8. The van der Waals surface area contributed by atoms with Crippen molar-refractivity contribution in [3.63, 3.8) is 0 Å². The standard InChI is InChI=1S/C17H16N2O5/c1-10-2-3-11(8-14(10)21)18-16(23)6-7-17(24)19-12-4-5-13(20)15(22)9-12/h2-9,20-22H,1H3,(H,18,23)(H,19,24)/b7-6+. The van der Waals surface area contributed by atoms with E-state index < -0.39 is 11.8 Å². The summed E-state index contributed by atoms with van der Waals surface area (Å²) in [4.78, 5) is 23.4. The van der Waals surface area contributed by atoms with Crippen LogP contribution in [0.25, 0.3) is 0 Å². The Labute approximate surface area is 137 Å². The smallest absolute Gasteiger partial charge is 0.248 e. The van der Waals surface area contributed by atoms with E-state index in [0.29, 0.717) is 11.3 Å². The van der Waals surface area contributed by atoms with Crippen LogP contribution < -0.4 is 10.6 Å². The van der Waals surface area contributed by atoms with Crippen molar-refractivity contribution in [2.75, 3.05) is 10.6 Å². The summed E-state index contributed by atoms with van der Waals surface area (Å²) < 4.78 is 0. The number of anilines is 2. The number of amides is 2. The van der Waals surface area contributed by atoms with Crippen LogP contribution in [0.3, 0.4) is 0 Å². The van der Waals surface area contributed by atoms with Crippen LogP contribution >= 0.6 is 0 Å². The highest BCUT2D eigenvalue weighted by atomic mass is 16.3. The third-order valence-electron chi connectivity index (χ3n) is 3.11. The van der Waals surface area contributed by atoms with Crippen LogP contribution in [0.1, 0.15) is 5.56 Å². The Kier molecular flexibility index (Phi) is 5.06. The van der Waals surface area contributed by atoms with Gasteiger partial charge in [0.15, 0.2) is 11.5 Å². The van der Waals surface area contributed by atoms with Gasteiger partial charge in [-0.2, -0.15) is 0 Å². The van der Waals surface area contributed by atoms with Gasteiger partial charge in [-0.3, -0.25) is 9.59 Å². The van der Waals surface area contributed by atoms with E-state index in [-0.39, 0.29) is 22.9 Å². The van der Waals surface area contributed by atoms with Crippen LogP contribution in [0.15, 0.2) is 48.6 Å². The molecule has 124 valence electrons. The number of aromatic hydroxyl groups is 3. The third-order valence-corrected chi connectivity index (χ3v) is 3.11. The van der Waals surface area contributed by atoms with E-state index in [0.717, 1.165) is 12.2 Å². The molecule has 0 fully saturated rings. The molecule has 0 spiro atoms. The van der Waals surface area contributed by atoms with Crippen molar-refractivity contribution in [2.24, 2.45) is 0 Å². The number of carbonyl (C=O) groups excluding carboxylic acids is 2. The lowest BCUT2D eigenvalue weighted by molar-refractivity contribution is -0.114. The minimum Gasteiger partial charge on any atom is -0.508 e. The molecule has 0 aliphatic heterocycles. The summed E-state index contributed by atoms with van der Waals surface area (Å²) in [5, 5.41) is 33.0. The normalized spacial score (nSPS) is 10.5. The number of nitrogens with one attached hydrogen (secondary N) is 2. The molecule has 2 aromatic rings. The molecule has 0 unspecified atom stereocenters. The van der Waals surface area contributed by atoms with E-state index in [2.05, 4.69) is 10.6 Å². The zero-order valence-corrected chi connectivity index (χ0v) is 12.8. The van der Waals surface area contributed by atoms with E-state index in [1.165, 1.54) is 24.3 Å². The lowest BCUT2D eigenvalue weighted by Crippen LogP contribution is -2.12. The van der Waals surface area contributed by atoms with Crippen molar-refractivity contribution in [3.8, 4) is 17.2 Å². The minimum absolute atomic E-state index is 0.0571. The Balaban J connectivity index is 1.93. The molecule has 0 atom stereocenters. The van der Waals surface area contributed by atoms with Crippen LogP contribution in [0, 0.1) is 6.92 Å². The van der Waals surface area contributed by atoms with Crippen LogP contribution in [0.4, 0.5) is 11.4 Å². The first-order chi connectivity index (χ1) is 11.3. The van der Waals surface area contributed by atoms with Gasteiger partial charge in [0, 0.05) is 35.7 Å². The summed E-state index contributed by atoms with van der Waals surface area (Å²) in [6.07, 6.45) is 2.06. The van der Waals surface area contributed by atoms with Crippen molar-refractivity contribution in [2.45, 2.75) is 6.92 Å². The van der Waals surface area contributed by atoms with E-state index >= 15 is 0 Å². The van der Waals surface area contributed by atoms with Crippen LogP contribution in [-0.2, 0) is 9.59 Å². The average Bonchev–Trinajstić information content (AvgIpc) is 2.53. The summed E-state index contributed by atoms with van der Waals surface area (Å²) in [5.41, 5.74) is 1.35. The second kappa shape index (κ2) is 7.19. The molecule has 7 nitrogen and oxygen atoms in total. The zero-order chi connectivity index (χ0) is 17.7. The fourth-order valence-corrected chi connectivity index (χ4v) is 1.81. The lowest BCUT2D eigenvalue weighted by Gasteiger charge is -2.05. The van der Waals surface area contributed by atoms with Crippen LogP contribution in [0.5, 0.6) is 17.2 Å². The van der Waals surface area contributed by atoms with Gasteiger partial charge in [0.25, 0.3) is 0 Å². The molecule has 0 aliphatic carbocycles. The van der Waals surface area contributed by atoms with Gasteiger partial charge in [-0.05, 0) is 30.7 Å². The van der Waals surface area contributed by atoms with Gasteiger partial charge < -0.3 is 26.0 Å². The van der Waals surface area contributed by atoms with Gasteiger partial charge in [-0.15, -0.1) is 0 Å². The molecule has 7 heteroatoms. The largest absolute Gasteiger partial charge is 0.508 e. The SMILES string of the molecule is Cc1ccc(NC(=O)/C=C/C(=O)Nc2ccc(O)c(O)c2)cc1O. The molecule has 0 aromatic heterocycles. The first-order valence-corrected chi connectivity index (χ1v) is 6.97. The highest BCUT2D eigenvalue weighted by Crippen LogP contribution is 2.27. The summed E-state index contributed by atoms with van der Waals surface area (Å²) in [6, 6.07) is 8.48. The maximum Gasteiger partial charge on any atom is 0.248 e. The Morgan fingerprint density at radius 1 is 0.792 bits per heavy atom. The number of phenols is 3. The van der Waals surface area contributed by atoms with Crippen molar-refractivity contribution in [3.05, 3.63) is 54.1 Å². The highest BCUT2D eigenvalue weighted by molar-refractivity contribution is 6.07. The van der Waals surface area contributed by atoms with Crippen LogP contribution in [-0.4, -0.2) is 27.1 Å². The van der Waals surface area contributed by atoms with Gasteiger partial charge in [-0.1, -0.05) is 6.07 Å². The first kappa shape index (κ1) is 16.9. The molecule has 0 bridgehead atoms. The number of aryl methyl sites for hydroxylation is 1. The van der Waals surface area contributed by atoms with E-state index in [9.17, 15) is 24.9 Å². The quantitative estimate of drug-likeness (QED) is 0.335. The molecule has 0 radical (unpaired) electrons. The van der Waals surface area contributed by atoms with Crippen molar-refractivity contribution in [1.29, 1.82) is 0 Å². The van der Waals surface area contributed by atoms with Crippen molar-refractivity contribution in [1.82, 2.24) is 0 Å². The predicted molar refractivity (Wildman–Crippen MR) is 89.0 cm³/mol. The minimum atomic E-state index is -0.581. The molecule has 2 amide bonds. The Hall–Kier alpha value is -3.48. The van der Waals surface area contributed by atoms with Gasteiger partial charge in [0.05, 0.1) is 0 Å². The molecule has 0 saturated heterocycles. The number of hydrogen-bond acceptors (Lipinski definition) is 5. The van der Waals surface area contributed by atoms with E-state index in [1.807, 2.05) is 0 Å². The average molecular weight is 328 g/mol. The lowest BCUT2D eigenvalue weighted by atomic mass is 10.2. The summed E-state index contributed by atoms with van der Waals surface area (Å²) in [7, 11) is 0. The molecular weight excluding hydrogens is 312 g/mol. The molecule has 5 N–H and O–H groups in total. The van der Waals surface area contributed by atoms with E-state index in [4.69, 9.17) is 0 Å². The third kappa shape index (κ3) is 4.51. The van der Waals surface area contributed by atoms with Gasteiger partial charge >= 0.3 is 0 Å². The number of phenolic OH excluding ortho intramolecular Hbond substituents is 3. The number of rotatable bonds is 4. The second-order valence-corrected chi connectivity index (χ2v) is 5.02. The monoisotopic (exact) mass is 328 g/mol. The summed E-state index contributed by atoms with van der Waals surface area (Å²) >= 11 is 0. The topological polar surface area (TPSA) is 119 Å². The Bertz CT molecular complexity index is 747. The maximum absolute atomic E-state index is 11.7. The van der Waals surface area contributed by atoms with Crippen molar-refractivity contribution < 1.29 is 24.9 Å². The fraction of sp³-hybridized carbons (Fsp3) is 0.0588. The molecule has 2 rings (SSSR count). The molecular formula is C17H16N2O5. The molecule has 2 aromatic carbocycles. The van der Waals surface area contributed by atoms with E-state index in [1.54, 1.807) is 19.1 Å².